The number of aliphatic hydroxyl groups is 2. The molecule has 2 aromatic rings. The predicted octanol–water partition coefficient (Wildman–Crippen LogP) is 1.42. The lowest BCUT2D eigenvalue weighted by atomic mass is 10.2. The Hall–Kier alpha value is -2.70. The zero-order valence-electron chi connectivity index (χ0n) is 12.9. The molecule has 1 unspecified atom stereocenters. The maximum atomic E-state index is 11.7. The molecule has 24 heavy (non-hydrogen) atoms. The van der Waals surface area contributed by atoms with Crippen LogP contribution < -0.4 is 0 Å². The van der Waals surface area contributed by atoms with Crippen molar-refractivity contribution in [2.45, 2.75) is 12.2 Å². The predicted molar refractivity (Wildman–Crippen MR) is 85.5 cm³/mol. The van der Waals surface area contributed by atoms with E-state index >= 15 is 0 Å². The van der Waals surface area contributed by atoms with Crippen molar-refractivity contribution in [3.63, 3.8) is 0 Å². The van der Waals surface area contributed by atoms with Gasteiger partial charge in [0.15, 0.2) is 0 Å². The Balaban J connectivity index is 1.75. The van der Waals surface area contributed by atoms with Gasteiger partial charge in [-0.05, 0) is 24.3 Å². The van der Waals surface area contributed by atoms with Crippen LogP contribution in [0.15, 0.2) is 60.7 Å². The fraction of sp³-hybridized carbons (Fsp3) is 0.222. The van der Waals surface area contributed by atoms with Crippen LogP contribution in [0.1, 0.15) is 20.7 Å². The summed E-state index contributed by atoms with van der Waals surface area (Å²) in [7, 11) is 0. The molecular weight excluding hydrogens is 312 g/mol. The van der Waals surface area contributed by atoms with Gasteiger partial charge in [-0.15, -0.1) is 0 Å². The van der Waals surface area contributed by atoms with Gasteiger partial charge in [-0.25, -0.2) is 9.59 Å². The number of rotatable bonds is 7. The summed E-state index contributed by atoms with van der Waals surface area (Å²) in [5.74, 6) is -1.22. The Morgan fingerprint density at radius 1 is 0.708 bits per heavy atom. The molecule has 0 aliphatic rings. The second-order valence-electron chi connectivity index (χ2n) is 5.06. The SMILES string of the molecule is O=C(OCC(O)[C@@H](O)COC(=O)c1ccccc1)c1ccccc1. The minimum absolute atomic E-state index is 0.342. The third kappa shape index (κ3) is 5.19. The first-order chi connectivity index (χ1) is 11.6. The number of carbonyl (C=O) groups excluding carboxylic acids is 2. The van der Waals surface area contributed by atoms with Gasteiger partial charge in [0.25, 0.3) is 0 Å². The zero-order chi connectivity index (χ0) is 17.4. The van der Waals surface area contributed by atoms with Gasteiger partial charge in [0.1, 0.15) is 25.4 Å². The molecule has 0 heterocycles. The van der Waals surface area contributed by atoms with Crippen molar-refractivity contribution in [1.29, 1.82) is 0 Å². The highest BCUT2D eigenvalue weighted by atomic mass is 16.6. The molecule has 2 N–H and O–H groups in total. The van der Waals surface area contributed by atoms with Crippen LogP contribution >= 0.6 is 0 Å². The third-order valence-electron chi connectivity index (χ3n) is 3.23. The van der Waals surface area contributed by atoms with Crippen LogP contribution in [0, 0.1) is 0 Å². The average molecular weight is 330 g/mol. The summed E-state index contributed by atoms with van der Waals surface area (Å²) in [6.45, 7) is -0.810. The van der Waals surface area contributed by atoms with E-state index in [9.17, 15) is 19.8 Å². The van der Waals surface area contributed by atoms with Crippen LogP contribution in [0.25, 0.3) is 0 Å². The molecule has 0 saturated heterocycles. The van der Waals surface area contributed by atoms with Crippen molar-refractivity contribution >= 4 is 11.9 Å². The Morgan fingerprint density at radius 2 is 1.04 bits per heavy atom. The molecule has 0 saturated carbocycles. The topological polar surface area (TPSA) is 93.1 Å². The molecule has 2 atom stereocenters. The number of esters is 2. The molecule has 126 valence electrons. The van der Waals surface area contributed by atoms with E-state index in [1.807, 2.05) is 0 Å². The van der Waals surface area contributed by atoms with Crippen LogP contribution in [0.3, 0.4) is 0 Å². The molecule has 6 heteroatoms. The lowest BCUT2D eigenvalue weighted by Gasteiger charge is -2.17. The van der Waals surface area contributed by atoms with Gasteiger partial charge in [-0.1, -0.05) is 36.4 Å². The highest BCUT2D eigenvalue weighted by molar-refractivity contribution is 5.89. The van der Waals surface area contributed by atoms with Gasteiger partial charge in [0.2, 0.25) is 0 Å². The van der Waals surface area contributed by atoms with Gasteiger partial charge in [0, 0.05) is 0 Å². The monoisotopic (exact) mass is 330 g/mol. The molecule has 0 spiro atoms. The first-order valence-electron chi connectivity index (χ1n) is 7.38. The van der Waals surface area contributed by atoms with Gasteiger partial charge < -0.3 is 19.7 Å². The number of hydrogen-bond acceptors (Lipinski definition) is 6. The summed E-state index contributed by atoms with van der Waals surface area (Å²) >= 11 is 0. The summed E-state index contributed by atoms with van der Waals surface area (Å²) in [6, 6.07) is 16.6. The number of aliphatic hydroxyl groups excluding tert-OH is 2. The van der Waals surface area contributed by atoms with E-state index in [4.69, 9.17) is 9.47 Å². The van der Waals surface area contributed by atoms with Crippen molar-refractivity contribution in [3.8, 4) is 0 Å². The average Bonchev–Trinajstić information content (AvgIpc) is 2.64. The molecule has 0 fully saturated rings. The molecule has 6 nitrogen and oxygen atoms in total. The highest BCUT2D eigenvalue weighted by Crippen LogP contribution is 2.05. The summed E-state index contributed by atoms with van der Waals surface area (Å²) in [6.07, 6.45) is -2.72. The molecule has 2 rings (SSSR count). The number of benzene rings is 2. The van der Waals surface area contributed by atoms with E-state index in [0.717, 1.165) is 0 Å². The van der Waals surface area contributed by atoms with E-state index in [0.29, 0.717) is 11.1 Å². The van der Waals surface area contributed by atoms with Crippen molar-refractivity contribution in [3.05, 3.63) is 71.8 Å². The van der Waals surface area contributed by atoms with E-state index in [1.54, 1.807) is 60.7 Å². The molecular formula is C18H18O6. The Morgan fingerprint density at radius 3 is 1.38 bits per heavy atom. The number of hydrogen-bond donors (Lipinski definition) is 2. The second-order valence-corrected chi connectivity index (χ2v) is 5.06. The van der Waals surface area contributed by atoms with E-state index in [-0.39, 0.29) is 0 Å². The Bertz CT molecular complexity index is 596. The fourth-order valence-corrected chi connectivity index (χ4v) is 1.86. The van der Waals surface area contributed by atoms with Crippen LogP contribution in [0.4, 0.5) is 0 Å². The van der Waals surface area contributed by atoms with Gasteiger partial charge in [-0.2, -0.15) is 0 Å². The molecule has 0 aliphatic heterocycles. The summed E-state index contributed by atoms with van der Waals surface area (Å²) in [5, 5.41) is 19.6. The lowest BCUT2D eigenvalue weighted by molar-refractivity contribution is -0.0529. The van der Waals surface area contributed by atoms with Gasteiger partial charge in [0.05, 0.1) is 11.1 Å². The Kier molecular flexibility index (Phi) is 6.48. The molecule has 0 aromatic heterocycles. The first-order valence-corrected chi connectivity index (χ1v) is 7.38. The van der Waals surface area contributed by atoms with E-state index in [2.05, 4.69) is 0 Å². The third-order valence-corrected chi connectivity index (χ3v) is 3.23. The smallest absolute Gasteiger partial charge is 0.338 e. The molecule has 0 aliphatic carbocycles. The van der Waals surface area contributed by atoms with Gasteiger partial charge >= 0.3 is 11.9 Å². The maximum Gasteiger partial charge on any atom is 0.338 e. The van der Waals surface area contributed by atoms with Crippen LogP contribution in [-0.4, -0.2) is 47.6 Å². The fourth-order valence-electron chi connectivity index (χ4n) is 1.86. The number of ether oxygens (including phenoxy) is 2. The van der Waals surface area contributed by atoms with Crippen LogP contribution in [0.5, 0.6) is 0 Å². The van der Waals surface area contributed by atoms with Crippen molar-refractivity contribution in [2.24, 2.45) is 0 Å². The van der Waals surface area contributed by atoms with Crippen molar-refractivity contribution in [2.75, 3.05) is 13.2 Å². The quantitative estimate of drug-likeness (QED) is 0.746. The van der Waals surface area contributed by atoms with Crippen molar-refractivity contribution < 1.29 is 29.3 Å². The molecule has 0 bridgehead atoms. The Labute approximate surface area is 139 Å². The minimum Gasteiger partial charge on any atom is -0.459 e. The van der Waals surface area contributed by atoms with Gasteiger partial charge in [-0.3, -0.25) is 0 Å². The zero-order valence-corrected chi connectivity index (χ0v) is 12.9. The van der Waals surface area contributed by atoms with Crippen LogP contribution in [-0.2, 0) is 9.47 Å². The van der Waals surface area contributed by atoms with E-state index in [1.165, 1.54) is 0 Å². The largest absolute Gasteiger partial charge is 0.459 e. The van der Waals surface area contributed by atoms with Crippen molar-refractivity contribution in [1.82, 2.24) is 0 Å². The normalized spacial score (nSPS) is 12.9. The van der Waals surface area contributed by atoms with Crippen LogP contribution in [0.2, 0.25) is 0 Å². The standard InChI is InChI=1S/C18H18O6/c19-15(11-23-17(21)13-7-3-1-4-8-13)16(20)12-24-18(22)14-9-5-2-6-10-14/h1-10,15-16,19-20H,11-12H2/t15-,16?/m0/s1. The summed E-state index contributed by atoms with van der Waals surface area (Å²) in [4.78, 5) is 23.4. The molecule has 0 radical (unpaired) electrons. The number of carbonyl (C=O) groups is 2. The minimum atomic E-state index is -1.36. The summed E-state index contributed by atoms with van der Waals surface area (Å²) in [5.41, 5.74) is 0.685. The molecule has 0 amide bonds. The summed E-state index contributed by atoms with van der Waals surface area (Å²) < 4.78 is 9.83. The molecule has 2 aromatic carbocycles. The lowest BCUT2D eigenvalue weighted by Crippen LogP contribution is -2.35. The second kappa shape index (κ2) is 8.81. The first kappa shape index (κ1) is 17.7. The highest BCUT2D eigenvalue weighted by Gasteiger charge is 2.21. The maximum absolute atomic E-state index is 11.7. The van der Waals surface area contributed by atoms with E-state index < -0.39 is 37.4 Å².